The molecule has 2 amide bonds. The van der Waals surface area contributed by atoms with Crippen molar-refractivity contribution in [1.29, 1.82) is 0 Å². The van der Waals surface area contributed by atoms with Crippen LogP contribution in [-0.2, 0) is 32.3 Å². The minimum atomic E-state index is -4.46. The average molecular weight is 786 g/mol. The molecular weight excluding hydrogens is 728 g/mol. The maximum atomic E-state index is 14.5. The first kappa shape index (κ1) is 42.7. The second-order valence-corrected chi connectivity index (χ2v) is 19.9. The third-order valence-corrected chi connectivity index (χ3v) is 14.4. The van der Waals surface area contributed by atoms with E-state index in [4.69, 9.17) is 0 Å². The predicted molar refractivity (Wildman–Crippen MR) is 211 cm³/mol. The summed E-state index contributed by atoms with van der Waals surface area (Å²) in [6, 6.07) is 18.7. The van der Waals surface area contributed by atoms with Crippen LogP contribution in [0.2, 0.25) is 0 Å². The summed E-state index contributed by atoms with van der Waals surface area (Å²) in [6.07, 6.45) is -1.99. The Morgan fingerprint density at radius 3 is 2.15 bits per heavy atom. The van der Waals surface area contributed by atoms with E-state index in [-0.39, 0.29) is 44.2 Å². The van der Waals surface area contributed by atoms with E-state index in [9.17, 15) is 36.3 Å². The Kier molecular flexibility index (Phi) is 13.8. The molecule has 0 bridgehead atoms. The lowest BCUT2D eigenvalue weighted by Gasteiger charge is -2.47. The van der Waals surface area contributed by atoms with Gasteiger partial charge < -0.3 is 15.7 Å². The number of carbonyl (C=O) groups is 2. The molecule has 0 unspecified atom stereocenters. The fourth-order valence-electron chi connectivity index (χ4n) is 8.32. The lowest BCUT2D eigenvalue weighted by atomic mass is 9.72. The standard InChI is InChI=1S/C43H58F3N3O5S/c1-28(2)39(48-40(51)34(27-55(53,54)42(3,4)5)23-32-20-13-19-30-16-11-12-21-35(30)32)41(52)47-36(22-29-14-7-6-8-15-29)37(50)26-49-25-33-18-10-9-17-31(33)24-38(49)43(44,45)46/h6-8,11-16,19-21,28,31,33-34,36-39,50H,9-10,17-18,22-27H2,1-5H3,(H,47,52)(H,48,51)/t31-,33+,34+,36+,37+,38+,39+/m1/s1. The van der Waals surface area contributed by atoms with E-state index in [1.54, 1.807) is 34.6 Å². The first-order chi connectivity index (χ1) is 25.8. The van der Waals surface area contributed by atoms with Gasteiger partial charge in [-0.05, 0) is 86.1 Å². The zero-order valence-electron chi connectivity index (χ0n) is 32.7. The zero-order chi connectivity index (χ0) is 40.1. The summed E-state index contributed by atoms with van der Waals surface area (Å²) in [4.78, 5) is 29.7. The first-order valence-corrected chi connectivity index (χ1v) is 21.3. The highest BCUT2D eigenvalue weighted by Crippen LogP contribution is 2.43. The average Bonchev–Trinajstić information content (AvgIpc) is 3.12. The summed E-state index contributed by atoms with van der Waals surface area (Å²) in [5.41, 5.74) is 1.58. The van der Waals surface area contributed by atoms with E-state index in [2.05, 4.69) is 10.6 Å². The maximum Gasteiger partial charge on any atom is 0.404 e. The number of nitrogens with zero attached hydrogens (tertiary/aromatic N) is 1. The van der Waals surface area contributed by atoms with Crippen LogP contribution in [0.15, 0.2) is 72.8 Å². The number of rotatable bonds is 14. The number of β-amino-alcohol motifs (C(OH)–C–C–N with tert-alkyl or cyclic N) is 1. The Morgan fingerprint density at radius 2 is 1.49 bits per heavy atom. The molecule has 7 atom stereocenters. The van der Waals surface area contributed by atoms with Gasteiger partial charge >= 0.3 is 6.18 Å². The molecule has 0 radical (unpaired) electrons. The van der Waals surface area contributed by atoms with Crippen molar-refractivity contribution in [3.05, 3.63) is 83.9 Å². The molecule has 3 aromatic carbocycles. The van der Waals surface area contributed by atoms with Crippen LogP contribution in [0.1, 0.15) is 77.8 Å². The van der Waals surface area contributed by atoms with Crippen molar-refractivity contribution in [1.82, 2.24) is 15.5 Å². The van der Waals surface area contributed by atoms with Crippen molar-refractivity contribution in [3.63, 3.8) is 0 Å². The van der Waals surface area contributed by atoms with Crippen molar-refractivity contribution in [3.8, 4) is 0 Å². The fraction of sp³-hybridized carbons (Fsp3) is 0.581. The lowest BCUT2D eigenvalue weighted by Crippen LogP contribution is -2.60. The molecule has 2 fully saturated rings. The number of aliphatic hydroxyl groups excluding tert-OH is 1. The number of sulfone groups is 1. The monoisotopic (exact) mass is 785 g/mol. The summed E-state index contributed by atoms with van der Waals surface area (Å²) in [5.74, 6) is -2.99. The van der Waals surface area contributed by atoms with Crippen LogP contribution in [0.25, 0.3) is 10.8 Å². The quantitative estimate of drug-likeness (QED) is 0.164. The van der Waals surface area contributed by atoms with Crippen LogP contribution < -0.4 is 10.6 Å². The number of piperidine rings is 1. The molecule has 5 rings (SSSR count). The van der Waals surface area contributed by atoms with Gasteiger partial charge in [0.25, 0.3) is 0 Å². The summed E-state index contributed by atoms with van der Waals surface area (Å²) in [6.45, 7) is 8.23. The Bertz CT molecular complexity index is 1860. The van der Waals surface area contributed by atoms with Crippen molar-refractivity contribution in [2.45, 2.75) is 115 Å². The second kappa shape index (κ2) is 17.8. The van der Waals surface area contributed by atoms with E-state index in [0.29, 0.717) is 0 Å². The summed E-state index contributed by atoms with van der Waals surface area (Å²) < 4.78 is 69.3. The van der Waals surface area contributed by atoms with Crippen molar-refractivity contribution in [2.75, 3.05) is 18.8 Å². The molecule has 3 aromatic rings. The van der Waals surface area contributed by atoms with Crippen molar-refractivity contribution >= 4 is 32.4 Å². The molecular formula is C43H58F3N3O5S. The van der Waals surface area contributed by atoms with Crippen LogP contribution in [0.5, 0.6) is 0 Å². The third kappa shape index (κ3) is 10.9. The fourth-order valence-corrected chi connectivity index (χ4v) is 9.62. The van der Waals surface area contributed by atoms with Crippen LogP contribution in [0, 0.1) is 23.7 Å². The molecule has 1 heterocycles. The highest BCUT2D eigenvalue weighted by molar-refractivity contribution is 7.92. The van der Waals surface area contributed by atoms with Crippen LogP contribution in [0.4, 0.5) is 13.2 Å². The third-order valence-electron chi connectivity index (χ3n) is 11.7. The number of alkyl halides is 3. The number of hydrogen-bond donors (Lipinski definition) is 3. The van der Waals surface area contributed by atoms with E-state index in [1.165, 1.54) is 4.90 Å². The van der Waals surface area contributed by atoms with Gasteiger partial charge in [-0.25, -0.2) is 8.42 Å². The number of likely N-dealkylation sites (tertiary alicyclic amines) is 1. The molecule has 2 aliphatic rings. The highest BCUT2D eigenvalue weighted by Gasteiger charge is 2.50. The Balaban J connectivity index is 1.38. The number of benzene rings is 3. The topological polar surface area (TPSA) is 116 Å². The maximum absolute atomic E-state index is 14.5. The zero-order valence-corrected chi connectivity index (χ0v) is 33.5. The Labute approximate surface area is 324 Å². The smallest absolute Gasteiger partial charge is 0.390 e. The SMILES string of the molecule is CC(C)[C@H](NC(=O)[C@@H](Cc1cccc2ccccc12)CS(=O)(=O)C(C)(C)C)C(=O)N[C@@H](Cc1ccccc1)[C@@H](O)CN1C[C@@H]2CCCC[C@@H]2C[C@H]1C(F)(F)F. The highest BCUT2D eigenvalue weighted by atomic mass is 32.2. The molecule has 1 saturated heterocycles. The summed E-state index contributed by atoms with van der Waals surface area (Å²) in [7, 11) is -3.77. The number of fused-ring (bicyclic) bond motifs is 2. The number of amides is 2. The molecule has 1 aliphatic heterocycles. The molecule has 55 heavy (non-hydrogen) atoms. The van der Waals surface area contributed by atoms with E-state index in [1.807, 2.05) is 72.8 Å². The number of halogens is 3. The molecule has 0 spiro atoms. The van der Waals surface area contributed by atoms with Gasteiger partial charge in [0.15, 0.2) is 9.84 Å². The molecule has 8 nitrogen and oxygen atoms in total. The molecule has 12 heteroatoms. The predicted octanol–water partition coefficient (Wildman–Crippen LogP) is 6.88. The van der Waals surface area contributed by atoms with Gasteiger partial charge in [0.1, 0.15) is 12.1 Å². The lowest BCUT2D eigenvalue weighted by molar-refractivity contribution is -0.206. The van der Waals surface area contributed by atoms with Crippen LogP contribution in [0.3, 0.4) is 0 Å². The number of carbonyl (C=O) groups excluding carboxylic acids is 2. The Hall–Kier alpha value is -3.48. The largest absolute Gasteiger partial charge is 0.404 e. The number of aliphatic hydroxyl groups is 1. The van der Waals surface area contributed by atoms with Gasteiger partial charge in [-0.15, -0.1) is 0 Å². The number of hydrogen-bond acceptors (Lipinski definition) is 6. The molecule has 1 saturated carbocycles. The van der Waals surface area contributed by atoms with Gasteiger partial charge in [-0.1, -0.05) is 106 Å². The van der Waals surface area contributed by atoms with Gasteiger partial charge in [0.05, 0.1) is 28.6 Å². The molecule has 1 aliphatic carbocycles. The van der Waals surface area contributed by atoms with Gasteiger partial charge in [-0.2, -0.15) is 13.2 Å². The second-order valence-electron chi connectivity index (χ2n) is 17.1. The van der Waals surface area contributed by atoms with Gasteiger partial charge in [-0.3, -0.25) is 14.5 Å². The molecule has 3 N–H and O–H groups in total. The molecule has 0 aromatic heterocycles. The van der Waals surface area contributed by atoms with E-state index in [0.717, 1.165) is 47.6 Å². The minimum Gasteiger partial charge on any atom is -0.390 e. The van der Waals surface area contributed by atoms with Crippen LogP contribution >= 0.6 is 0 Å². The summed E-state index contributed by atoms with van der Waals surface area (Å²) >= 11 is 0. The van der Waals surface area contributed by atoms with Crippen molar-refractivity contribution in [2.24, 2.45) is 23.7 Å². The molecule has 302 valence electrons. The summed E-state index contributed by atoms with van der Waals surface area (Å²) in [5, 5.41) is 19.3. The van der Waals surface area contributed by atoms with E-state index >= 15 is 0 Å². The van der Waals surface area contributed by atoms with Gasteiger partial charge in [0.2, 0.25) is 11.8 Å². The number of nitrogens with one attached hydrogen (secondary N) is 2. The van der Waals surface area contributed by atoms with Gasteiger partial charge in [0, 0.05) is 13.1 Å². The van der Waals surface area contributed by atoms with Crippen molar-refractivity contribution < 1.29 is 36.3 Å². The van der Waals surface area contributed by atoms with E-state index < -0.39 is 74.4 Å². The van der Waals surface area contributed by atoms with Crippen LogP contribution in [-0.4, -0.2) is 84.2 Å². The normalized spacial score (nSPS) is 22.0. The minimum absolute atomic E-state index is 0.00291. The first-order valence-electron chi connectivity index (χ1n) is 19.7. The Morgan fingerprint density at radius 1 is 0.855 bits per heavy atom.